The number of nitrogens with one attached hydrogen (secondary N) is 1. The maximum atomic E-state index is 13.1. The zero-order valence-electron chi connectivity index (χ0n) is 17.6. The van der Waals surface area contributed by atoms with Crippen molar-refractivity contribution in [1.82, 2.24) is 10.2 Å². The normalized spacial score (nSPS) is 13.8. The number of hydrogen-bond donors (Lipinski definition) is 1. The first kappa shape index (κ1) is 22.4. The van der Waals surface area contributed by atoms with Crippen molar-refractivity contribution in [2.45, 2.75) is 11.9 Å². The Labute approximate surface area is 195 Å². The van der Waals surface area contributed by atoms with E-state index < -0.39 is 0 Å². The Hall–Kier alpha value is -2.84. The summed E-state index contributed by atoms with van der Waals surface area (Å²) in [4.78, 5) is 16.7. The van der Waals surface area contributed by atoms with Crippen molar-refractivity contribution in [1.29, 1.82) is 0 Å². The molecule has 2 heterocycles. The van der Waals surface area contributed by atoms with Gasteiger partial charge >= 0.3 is 0 Å². The maximum absolute atomic E-state index is 13.1. The Bertz CT molecular complexity index is 1070. The quantitative estimate of drug-likeness (QED) is 0.529. The summed E-state index contributed by atoms with van der Waals surface area (Å²) < 4.78 is 13.1. The number of aryl methyl sites for hydroxylation is 1. The Balaban J connectivity index is 1.26. The third kappa shape index (κ3) is 5.69. The molecule has 1 fully saturated rings. The Morgan fingerprint density at radius 1 is 1.03 bits per heavy atom. The molecule has 1 N–H and O–H groups in total. The van der Waals surface area contributed by atoms with Crippen LogP contribution in [0.4, 0.5) is 21.6 Å². The molecule has 9 heteroatoms. The third-order valence-electron chi connectivity index (χ3n) is 5.25. The van der Waals surface area contributed by atoms with E-state index in [1.807, 2.05) is 25.1 Å². The van der Waals surface area contributed by atoms with Crippen LogP contribution in [0.1, 0.15) is 5.56 Å². The molecule has 0 atom stereocenters. The molecule has 2 aromatic carbocycles. The second-order valence-corrected chi connectivity index (χ2v) is 8.91. The average Bonchev–Trinajstić information content (AvgIpc) is 2.81. The third-order valence-corrected chi connectivity index (χ3v) is 6.40. The van der Waals surface area contributed by atoms with Crippen LogP contribution < -0.4 is 15.1 Å². The van der Waals surface area contributed by atoms with Crippen molar-refractivity contribution in [3.63, 3.8) is 0 Å². The van der Waals surface area contributed by atoms with Crippen molar-refractivity contribution in [3.8, 4) is 0 Å². The summed E-state index contributed by atoms with van der Waals surface area (Å²) >= 11 is 7.34. The molecule has 0 unspecified atom stereocenters. The Morgan fingerprint density at radius 3 is 2.44 bits per heavy atom. The first-order valence-electron chi connectivity index (χ1n) is 10.3. The molecule has 1 aliphatic rings. The van der Waals surface area contributed by atoms with Crippen LogP contribution in [-0.4, -0.2) is 48.0 Å². The van der Waals surface area contributed by atoms with Crippen LogP contribution in [0.3, 0.4) is 0 Å². The monoisotopic (exact) mass is 471 g/mol. The van der Waals surface area contributed by atoms with Gasteiger partial charge in [-0.25, -0.2) is 4.39 Å². The number of thioether (sulfide) groups is 1. The molecule has 0 aliphatic carbocycles. The van der Waals surface area contributed by atoms with Crippen molar-refractivity contribution < 1.29 is 9.18 Å². The van der Waals surface area contributed by atoms with Gasteiger partial charge in [0.05, 0.1) is 5.75 Å². The number of aromatic nitrogens is 2. The van der Waals surface area contributed by atoms with Gasteiger partial charge < -0.3 is 15.1 Å². The highest BCUT2D eigenvalue weighted by atomic mass is 35.5. The lowest BCUT2D eigenvalue weighted by Crippen LogP contribution is -2.46. The molecule has 1 amide bonds. The number of carbonyl (C=O) groups is 1. The molecule has 1 aliphatic heterocycles. The summed E-state index contributed by atoms with van der Waals surface area (Å²) in [5.74, 6) is 0.698. The summed E-state index contributed by atoms with van der Waals surface area (Å²) in [6.07, 6.45) is 0. The molecule has 166 valence electrons. The van der Waals surface area contributed by atoms with E-state index in [2.05, 4.69) is 25.3 Å². The van der Waals surface area contributed by atoms with Crippen molar-refractivity contribution in [3.05, 3.63) is 71.0 Å². The van der Waals surface area contributed by atoms with Crippen molar-refractivity contribution in [2.75, 3.05) is 47.0 Å². The number of rotatable bonds is 6. The SMILES string of the molecule is Cc1ccc(Cl)cc1NC(=O)CSc1ccc(N2CCN(c3ccc(F)cc3)CC2)nn1. The molecule has 1 saturated heterocycles. The largest absolute Gasteiger partial charge is 0.368 e. The van der Waals surface area contributed by atoms with Crippen LogP contribution in [0.25, 0.3) is 0 Å². The Kier molecular flexibility index (Phi) is 7.12. The number of anilines is 3. The predicted molar refractivity (Wildman–Crippen MR) is 128 cm³/mol. The van der Waals surface area contributed by atoms with Crippen LogP contribution in [0, 0.1) is 12.7 Å². The summed E-state index contributed by atoms with van der Waals surface area (Å²) in [5, 5.41) is 12.8. The highest BCUT2D eigenvalue weighted by Crippen LogP contribution is 2.23. The minimum atomic E-state index is -0.224. The minimum absolute atomic E-state index is 0.122. The topological polar surface area (TPSA) is 61.4 Å². The molecule has 6 nitrogen and oxygen atoms in total. The van der Waals surface area contributed by atoms with Gasteiger partial charge in [-0.2, -0.15) is 0 Å². The summed E-state index contributed by atoms with van der Waals surface area (Å²) in [6, 6.07) is 15.8. The van der Waals surface area contributed by atoms with Crippen molar-refractivity contribution in [2.24, 2.45) is 0 Å². The van der Waals surface area contributed by atoms with Crippen LogP contribution in [-0.2, 0) is 4.79 Å². The second-order valence-electron chi connectivity index (χ2n) is 7.48. The van der Waals surface area contributed by atoms with Gasteiger partial charge in [0.25, 0.3) is 0 Å². The van der Waals surface area contributed by atoms with Gasteiger partial charge in [-0.15, -0.1) is 10.2 Å². The second kappa shape index (κ2) is 10.2. The fourth-order valence-corrected chi connectivity index (χ4v) is 4.25. The number of halogens is 2. The summed E-state index contributed by atoms with van der Waals surface area (Å²) in [5.41, 5.74) is 2.69. The minimum Gasteiger partial charge on any atom is -0.368 e. The van der Waals surface area contributed by atoms with Crippen LogP contribution in [0.5, 0.6) is 0 Å². The Morgan fingerprint density at radius 2 is 1.75 bits per heavy atom. The van der Waals surface area contributed by atoms with Crippen LogP contribution in [0.2, 0.25) is 5.02 Å². The molecule has 1 aromatic heterocycles. The number of nitrogens with zero attached hydrogens (tertiary/aromatic N) is 4. The number of carbonyl (C=O) groups excluding carboxylic acids is 1. The lowest BCUT2D eigenvalue weighted by atomic mass is 10.2. The highest BCUT2D eigenvalue weighted by Gasteiger charge is 2.19. The van der Waals surface area contributed by atoms with E-state index in [1.54, 1.807) is 24.3 Å². The molecular weight excluding hydrogens is 449 g/mol. The van der Waals surface area contributed by atoms with E-state index in [0.717, 1.165) is 43.2 Å². The standard InChI is InChI=1S/C23H23ClFN5OS/c1-16-2-3-17(24)14-20(16)26-22(31)15-32-23-9-8-21(27-28-23)30-12-10-29(11-13-30)19-6-4-18(25)5-7-19/h2-9,14H,10-13,15H2,1H3,(H,26,31). The number of benzene rings is 2. The molecule has 32 heavy (non-hydrogen) atoms. The number of piperazine rings is 1. The van der Waals surface area contributed by atoms with E-state index in [1.165, 1.54) is 23.9 Å². The van der Waals surface area contributed by atoms with Gasteiger partial charge in [-0.05, 0) is 61.0 Å². The van der Waals surface area contributed by atoms with E-state index in [4.69, 9.17) is 11.6 Å². The molecule has 4 rings (SSSR count). The van der Waals surface area contributed by atoms with Gasteiger partial charge in [0, 0.05) is 42.6 Å². The summed E-state index contributed by atoms with van der Waals surface area (Å²) in [7, 11) is 0. The van der Waals surface area contributed by atoms with Crippen molar-refractivity contribution >= 4 is 46.5 Å². The first-order valence-corrected chi connectivity index (χ1v) is 11.6. The van der Waals surface area contributed by atoms with E-state index >= 15 is 0 Å². The van der Waals surface area contributed by atoms with Gasteiger partial charge in [0.1, 0.15) is 10.8 Å². The van der Waals surface area contributed by atoms with Gasteiger partial charge in [-0.1, -0.05) is 29.4 Å². The number of hydrogen-bond acceptors (Lipinski definition) is 6. The van der Waals surface area contributed by atoms with Gasteiger partial charge in [-0.3, -0.25) is 4.79 Å². The zero-order valence-corrected chi connectivity index (χ0v) is 19.2. The van der Waals surface area contributed by atoms with E-state index in [0.29, 0.717) is 15.7 Å². The van der Waals surface area contributed by atoms with Gasteiger partial charge in [0.15, 0.2) is 5.82 Å². The number of amides is 1. The fourth-order valence-electron chi connectivity index (χ4n) is 3.46. The smallest absolute Gasteiger partial charge is 0.234 e. The predicted octanol–water partition coefficient (Wildman–Crippen LogP) is 4.63. The van der Waals surface area contributed by atoms with E-state index in [9.17, 15) is 9.18 Å². The van der Waals surface area contributed by atoms with E-state index in [-0.39, 0.29) is 17.5 Å². The molecule has 0 bridgehead atoms. The van der Waals surface area contributed by atoms with Crippen LogP contribution >= 0.6 is 23.4 Å². The highest BCUT2D eigenvalue weighted by molar-refractivity contribution is 7.99. The lowest BCUT2D eigenvalue weighted by molar-refractivity contribution is -0.113. The van der Waals surface area contributed by atoms with Crippen LogP contribution in [0.15, 0.2) is 59.6 Å². The zero-order chi connectivity index (χ0) is 22.5. The summed E-state index contributed by atoms with van der Waals surface area (Å²) in [6.45, 7) is 5.18. The maximum Gasteiger partial charge on any atom is 0.234 e. The first-order chi connectivity index (χ1) is 15.5. The lowest BCUT2D eigenvalue weighted by Gasteiger charge is -2.36. The molecule has 0 saturated carbocycles. The average molecular weight is 472 g/mol. The molecule has 3 aromatic rings. The molecular formula is C23H23ClFN5OS. The van der Waals surface area contributed by atoms with Gasteiger partial charge in [0.2, 0.25) is 5.91 Å². The fraction of sp³-hybridized carbons (Fsp3) is 0.261. The molecule has 0 radical (unpaired) electrons. The molecule has 0 spiro atoms.